The zero-order chi connectivity index (χ0) is 39.1. The minimum absolute atomic E-state index is 0.107. The lowest BCUT2D eigenvalue weighted by molar-refractivity contribution is -0.164. The van der Waals surface area contributed by atoms with Gasteiger partial charge in [0, 0.05) is 92.5 Å². The number of aromatic nitrogens is 2. The highest BCUT2D eigenvalue weighted by Gasteiger charge is 2.64. The molecule has 4 heterocycles. The maximum Gasteiger partial charge on any atom is 0.269 e. The van der Waals surface area contributed by atoms with Crippen LogP contribution in [0.4, 0.5) is 11.4 Å². The molecule has 7 rings (SSSR count). The third kappa shape index (κ3) is 7.80. The first-order valence-electron chi connectivity index (χ1n) is 19.2. The number of anilines is 2. The van der Waals surface area contributed by atoms with Gasteiger partial charge in [-0.05, 0) is 61.6 Å². The fourth-order valence-electron chi connectivity index (χ4n) is 9.29. The predicted molar refractivity (Wildman–Crippen MR) is 209 cm³/mol. The molecule has 4 aliphatic rings. The quantitative estimate of drug-likeness (QED) is 0.300. The highest BCUT2D eigenvalue weighted by molar-refractivity contribution is 6.31. The van der Waals surface area contributed by atoms with E-state index < -0.39 is 11.9 Å². The Morgan fingerprint density at radius 3 is 2.22 bits per heavy atom. The zero-order valence-corrected chi connectivity index (χ0v) is 32.6. The molecule has 3 amide bonds. The Morgan fingerprint density at radius 2 is 1.60 bits per heavy atom. The molecule has 1 atom stereocenters. The second-order valence-corrected chi connectivity index (χ2v) is 16.9. The molecule has 3 aromatic rings. The number of amides is 3. The number of piperazine rings is 1. The van der Waals surface area contributed by atoms with E-state index in [1.807, 2.05) is 24.3 Å². The largest absolute Gasteiger partial charge is 0.489 e. The van der Waals surface area contributed by atoms with Crippen LogP contribution in [0.3, 0.4) is 0 Å². The summed E-state index contributed by atoms with van der Waals surface area (Å²) in [6.07, 6.45) is 4.13. The smallest absolute Gasteiger partial charge is 0.269 e. The zero-order valence-electron chi connectivity index (χ0n) is 31.9. The molecule has 0 spiro atoms. The number of imide groups is 1. The summed E-state index contributed by atoms with van der Waals surface area (Å²) < 4.78 is 7.56. The Balaban J connectivity index is 0.856. The van der Waals surface area contributed by atoms with Crippen LogP contribution in [0.1, 0.15) is 75.3 Å². The van der Waals surface area contributed by atoms with Crippen LogP contribution >= 0.6 is 11.6 Å². The topological polar surface area (TPSA) is 153 Å². The van der Waals surface area contributed by atoms with Crippen molar-refractivity contribution in [1.29, 1.82) is 5.26 Å². The number of rotatable bonds is 9. The van der Waals surface area contributed by atoms with Gasteiger partial charge in [-0.25, -0.2) is 4.68 Å². The average molecular weight is 769 g/mol. The van der Waals surface area contributed by atoms with Crippen LogP contribution in [0.25, 0.3) is 0 Å². The Kier molecular flexibility index (Phi) is 10.7. The van der Waals surface area contributed by atoms with Gasteiger partial charge in [-0.3, -0.25) is 29.4 Å². The van der Waals surface area contributed by atoms with Crippen LogP contribution in [-0.4, -0.2) is 90.4 Å². The van der Waals surface area contributed by atoms with E-state index in [0.29, 0.717) is 27.8 Å². The number of nitrogens with zero attached hydrogens (tertiary/aromatic N) is 6. The molecule has 2 N–H and O–H groups in total. The molecule has 0 bridgehead atoms. The molecule has 13 nitrogen and oxygen atoms in total. The van der Waals surface area contributed by atoms with Crippen molar-refractivity contribution < 1.29 is 19.1 Å². The lowest BCUT2D eigenvalue weighted by atomic mass is 9.49. The van der Waals surface area contributed by atoms with Crippen LogP contribution < -0.4 is 30.7 Å². The first-order valence-corrected chi connectivity index (χ1v) is 19.5. The summed E-state index contributed by atoms with van der Waals surface area (Å²) in [5.41, 5.74) is 1.88. The van der Waals surface area contributed by atoms with Crippen molar-refractivity contribution in [2.75, 3.05) is 55.6 Å². The fraction of sp³-hybridized carbons (Fsp3) is 0.512. The average Bonchev–Trinajstić information content (AvgIpc) is 3.17. The predicted octanol–water partition coefficient (Wildman–Crippen LogP) is 4.40. The molecular weight excluding hydrogens is 720 g/mol. The number of nitriles is 1. The molecule has 1 aliphatic carbocycles. The van der Waals surface area contributed by atoms with E-state index in [-0.39, 0.29) is 53.2 Å². The van der Waals surface area contributed by atoms with Gasteiger partial charge in [0.15, 0.2) is 0 Å². The van der Waals surface area contributed by atoms with Gasteiger partial charge in [-0.1, -0.05) is 39.3 Å². The minimum atomic E-state index is -0.758. The summed E-state index contributed by atoms with van der Waals surface area (Å²) in [5, 5.41) is 19.4. The van der Waals surface area contributed by atoms with Gasteiger partial charge in [0.25, 0.3) is 17.4 Å². The van der Waals surface area contributed by atoms with Crippen molar-refractivity contribution in [2.24, 2.45) is 16.7 Å². The molecule has 14 heteroatoms. The summed E-state index contributed by atoms with van der Waals surface area (Å²) in [6, 6.07) is 15.7. The lowest BCUT2D eigenvalue weighted by Gasteiger charge is -2.63. The Labute approximate surface area is 326 Å². The first-order chi connectivity index (χ1) is 26.2. The molecule has 3 saturated heterocycles. The third-order valence-electron chi connectivity index (χ3n) is 12.1. The van der Waals surface area contributed by atoms with Crippen molar-refractivity contribution in [2.45, 2.75) is 71.6 Å². The highest BCUT2D eigenvalue weighted by atomic mass is 35.5. The standard InChI is InChI=1S/C41H49ClN8O5/c1-40(2)38(41(3,4)39(40)55-31-10-7-28(23-43)32(42)22-31)46-36(53)27-5-8-29(9-6-27)48-15-13-26(14-16-48)25-47-17-19-49(20-18-47)30-21-35(52)50(44-24-30)33-11-12-34(51)45-37(33)54/h5-10,21-22,24,26,33,38-39H,11-20,25H2,1-4H3,(H,46,53)(H,45,51,54)/t33-,38?,39?/m1/s1. The van der Waals surface area contributed by atoms with Crippen LogP contribution in [0.5, 0.6) is 5.75 Å². The van der Waals surface area contributed by atoms with Crippen LogP contribution in [0, 0.1) is 28.1 Å². The SMILES string of the molecule is CC1(C)C(NC(=O)c2ccc(N3CCC(CN4CCN(c5cnn([C@@H]6CCC(=O)NC6=O)c(=O)c5)CC4)CC3)cc2)C(C)(C)C1Oc1ccc(C#N)c(Cl)c1. The number of benzene rings is 2. The number of halogens is 1. The lowest BCUT2D eigenvalue weighted by Crippen LogP contribution is -2.74. The van der Waals surface area contributed by atoms with E-state index in [9.17, 15) is 24.4 Å². The Morgan fingerprint density at radius 1 is 0.927 bits per heavy atom. The summed E-state index contributed by atoms with van der Waals surface area (Å²) in [7, 11) is 0. The van der Waals surface area contributed by atoms with Crippen LogP contribution in [0.15, 0.2) is 59.5 Å². The maximum atomic E-state index is 13.5. The molecule has 1 saturated carbocycles. The number of hydrogen-bond acceptors (Lipinski definition) is 10. The second kappa shape index (κ2) is 15.3. The molecule has 1 aromatic heterocycles. The van der Waals surface area contributed by atoms with E-state index in [2.05, 4.69) is 64.2 Å². The van der Waals surface area contributed by atoms with Gasteiger partial charge in [0.1, 0.15) is 24.0 Å². The molecule has 0 radical (unpaired) electrons. The normalized spacial score (nSPS) is 24.0. The van der Waals surface area contributed by atoms with Crippen molar-refractivity contribution in [3.8, 4) is 11.8 Å². The molecule has 0 unspecified atom stereocenters. The maximum absolute atomic E-state index is 13.5. The molecule has 3 aliphatic heterocycles. The highest BCUT2D eigenvalue weighted by Crippen LogP contribution is 2.55. The molecule has 290 valence electrons. The second-order valence-electron chi connectivity index (χ2n) is 16.5. The van der Waals surface area contributed by atoms with E-state index in [1.54, 1.807) is 30.5 Å². The molecule has 4 fully saturated rings. The van der Waals surface area contributed by atoms with E-state index in [4.69, 9.17) is 16.3 Å². The minimum Gasteiger partial charge on any atom is -0.489 e. The van der Waals surface area contributed by atoms with Gasteiger partial charge >= 0.3 is 0 Å². The van der Waals surface area contributed by atoms with Crippen LogP contribution in [-0.2, 0) is 9.59 Å². The first kappa shape index (κ1) is 38.3. The van der Waals surface area contributed by atoms with E-state index >= 15 is 0 Å². The van der Waals surface area contributed by atoms with Gasteiger partial charge < -0.3 is 19.9 Å². The van der Waals surface area contributed by atoms with E-state index in [1.165, 1.54) is 4.68 Å². The number of piperidine rings is 2. The van der Waals surface area contributed by atoms with Crippen LogP contribution in [0.2, 0.25) is 5.02 Å². The Hall–Kier alpha value is -4.93. The summed E-state index contributed by atoms with van der Waals surface area (Å²) in [4.78, 5) is 57.1. The number of carbonyl (C=O) groups excluding carboxylic acids is 3. The molecule has 2 aromatic carbocycles. The number of nitrogens with one attached hydrogen (secondary N) is 2. The van der Waals surface area contributed by atoms with Crippen molar-refractivity contribution >= 4 is 40.7 Å². The summed E-state index contributed by atoms with van der Waals surface area (Å²) in [5.74, 6) is 0.291. The monoisotopic (exact) mass is 768 g/mol. The van der Waals surface area contributed by atoms with Crippen molar-refractivity contribution in [3.63, 3.8) is 0 Å². The van der Waals surface area contributed by atoms with E-state index in [0.717, 1.165) is 70.0 Å². The summed E-state index contributed by atoms with van der Waals surface area (Å²) >= 11 is 6.25. The van der Waals surface area contributed by atoms with Gasteiger partial charge in [-0.15, -0.1) is 0 Å². The van der Waals surface area contributed by atoms with Crippen molar-refractivity contribution in [1.82, 2.24) is 25.3 Å². The third-order valence-corrected chi connectivity index (χ3v) is 12.4. The fourth-order valence-corrected chi connectivity index (χ4v) is 9.50. The molecule has 55 heavy (non-hydrogen) atoms. The number of ether oxygens (including phenoxy) is 1. The molecular formula is C41H49ClN8O5. The Bertz CT molecular complexity index is 2030. The number of carbonyl (C=O) groups is 3. The van der Waals surface area contributed by atoms with Crippen molar-refractivity contribution in [3.05, 3.63) is 81.2 Å². The van der Waals surface area contributed by atoms with Gasteiger partial charge in [-0.2, -0.15) is 10.4 Å². The number of hydrogen-bond donors (Lipinski definition) is 2. The summed E-state index contributed by atoms with van der Waals surface area (Å²) in [6.45, 7) is 14.7. The van der Waals surface area contributed by atoms with Gasteiger partial charge in [0.2, 0.25) is 5.91 Å². The van der Waals surface area contributed by atoms with Gasteiger partial charge in [0.05, 0.1) is 22.5 Å².